The minimum atomic E-state index is -0.291. The lowest BCUT2D eigenvalue weighted by Gasteiger charge is -2.03. The fourth-order valence-electron chi connectivity index (χ4n) is 2.35. The van der Waals surface area contributed by atoms with Gasteiger partial charge in [-0.15, -0.1) is 0 Å². The molecule has 1 aliphatic heterocycles. The predicted octanol–water partition coefficient (Wildman–Crippen LogP) is 0.915. The van der Waals surface area contributed by atoms with Crippen LogP contribution in [0.15, 0.2) is 34.1 Å². The zero-order chi connectivity index (χ0) is 15.5. The van der Waals surface area contributed by atoms with Gasteiger partial charge < -0.3 is 5.32 Å². The third kappa shape index (κ3) is 3.01. The molecule has 1 aromatic heterocycles. The molecule has 0 fully saturated rings. The Bertz CT molecular complexity index is 862. The van der Waals surface area contributed by atoms with Crippen LogP contribution in [0.5, 0.6) is 0 Å². The first-order valence-electron chi connectivity index (χ1n) is 7.33. The fraction of sp³-hybridized carbons (Fsp3) is 0.312. The molecule has 114 valence electrons. The van der Waals surface area contributed by atoms with E-state index in [1.807, 2.05) is 24.3 Å². The van der Waals surface area contributed by atoms with Crippen LogP contribution < -0.4 is 20.2 Å². The van der Waals surface area contributed by atoms with Crippen molar-refractivity contribution in [3.8, 4) is 0 Å². The van der Waals surface area contributed by atoms with Crippen molar-refractivity contribution in [3.05, 3.63) is 49.5 Å². The van der Waals surface area contributed by atoms with Crippen LogP contribution in [0.3, 0.4) is 0 Å². The van der Waals surface area contributed by atoms with Crippen LogP contribution in [0.4, 0.5) is 5.69 Å². The lowest BCUT2D eigenvalue weighted by atomic mass is 10.1. The van der Waals surface area contributed by atoms with Gasteiger partial charge in [0, 0.05) is 24.9 Å². The van der Waals surface area contributed by atoms with Gasteiger partial charge in [0.1, 0.15) is 4.53 Å². The summed E-state index contributed by atoms with van der Waals surface area (Å²) in [5.41, 5.74) is 1.82. The first-order chi connectivity index (χ1) is 10.7. The van der Waals surface area contributed by atoms with Gasteiger partial charge in [-0.05, 0) is 30.5 Å². The highest BCUT2D eigenvalue weighted by Crippen LogP contribution is 2.09. The molecule has 0 atom stereocenters. The molecule has 1 aliphatic rings. The second kappa shape index (κ2) is 6.27. The molecule has 0 bridgehead atoms. The molecule has 2 aromatic rings. The Kier molecular flexibility index (Phi) is 4.20. The summed E-state index contributed by atoms with van der Waals surface area (Å²) < 4.78 is 2.08. The van der Waals surface area contributed by atoms with E-state index in [-0.39, 0.29) is 11.5 Å². The SMILES string of the molecule is CCc1ccc(NC(=O)C=c2sc3n(c2=O)CCCN=3)cc1. The van der Waals surface area contributed by atoms with E-state index in [0.29, 0.717) is 15.9 Å². The van der Waals surface area contributed by atoms with Gasteiger partial charge in [-0.25, -0.2) is 0 Å². The maximum absolute atomic E-state index is 12.2. The van der Waals surface area contributed by atoms with Crippen molar-refractivity contribution in [2.24, 2.45) is 4.99 Å². The van der Waals surface area contributed by atoms with E-state index in [2.05, 4.69) is 17.2 Å². The summed E-state index contributed by atoms with van der Waals surface area (Å²) in [5.74, 6) is -0.291. The summed E-state index contributed by atoms with van der Waals surface area (Å²) in [5, 5.41) is 2.78. The number of benzene rings is 1. The number of thiazole rings is 1. The lowest BCUT2D eigenvalue weighted by molar-refractivity contribution is -0.110. The zero-order valence-electron chi connectivity index (χ0n) is 12.3. The van der Waals surface area contributed by atoms with Gasteiger partial charge in [-0.3, -0.25) is 19.1 Å². The van der Waals surface area contributed by atoms with Crippen LogP contribution in [0.25, 0.3) is 6.08 Å². The Morgan fingerprint density at radius 2 is 2.18 bits per heavy atom. The first-order valence-corrected chi connectivity index (χ1v) is 8.15. The number of rotatable bonds is 3. The maximum Gasteiger partial charge on any atom is 0.270 e. The molecule has 0 saturated heterocycles. The summed E-state index contributed by atoms with van der Waals surface area (Å²) in [6.07, 6.45) is 3.20. The number of amides is 1. The van der Waals surface area contributed by atoms with Crippen LogP contribution in [-0.4, -0.2) is 17.0 Å². The van der Waals surface area contributed by atoms with Crippen molar-refractivity contribution >= 4 is 29.0 Å². The van der Waals surface area contributed by atoms with Crippen molar-refractivity contribution in [2.45, 2.75) is 26.3 Å². The highest BCUT2D eigenvalue weighted by Gasteiger charge is 2.09. The lowest BCUT2D eigenvalue weighted by Crippen LogP contribution is -2.34. The van der Waals surface area contributed by atoms with Crippen molar-refractivity contribution in [2.75, 3.05) is 11.9 Å². The quantitative estimate of drug-likeness (QED) is 0.915. The van der Waals surface area contributed by atoms with Crippen LogP contribution >= 0.6 is 11.3 Å². The Morgan fingerprint density at radius 3 is 2.86 bits per heavy atom. The number of aryl methyl sites for hydroxylation is 1. The van der Waals surface area contributed by atoms with Crippen molar-refractivity contribution < 1.29 is 4.79 Å². The van der Waals surface area contributed by atoms with Crippen molar-refractivity contribution in [3.63, 3.8) is 0 Å². The van der Waals surface area contributed by atoms with E-state index >= 15 is 0 Å². The molecule has 0 saturated carbocycles. The van der Waals surface area contributed by atoms with Gasteiger partial charge in [0.05, 0.1) is 0 Å². The van der Waals surface area contributed by atoms with Gasteiger partial charge in [0.2, 0.25) is 5.91 Å². The second-order valence-corrected chi connectivity index (χ2v) is 6.13. The Labute approximate surface area is 131 Å². The van der Waals surface area contributed by atoms with Crippen LogP contribution in [-0.2, 0) is 17.8 Å². The third-order valence-corrected chi connectivity index (χ3v) is 4.61. The largest absolute Gasteiger partial charge is 0.322 e. The normalized spacial score (nSPS) is 14.3. The van der Waals surface area contributed by atoms with Gasteiger partial charge in [-0.1, -0.05) is 30.4 Å². The van der Waals surface area contributed by atoms with Gasteiger partial charge in [0.25, 0.3) is 5.56 Å². The monoisotopic (exact) mass is 315 g/mol. The van der Waals surface area contributed by atoms with Gasteiger partial charge >= 0.3 is 0 Å². The molecule has 0 unspecified atom stereocenters. The molecule has 1 aromatic carbocycles. The molecule has 5 nitrogen and oxygen atoms in total. The summed E-state index contributed by atoms with van der Waals surface area (Å²) in [6, 6.07) is 7.69. The van der Waals surface area contributed by atoms with Crippen LogP contribution in [0.1, 0.15) is 18.9 Å². The van der Waals surface area contributed by atoms with Crippen LogP contribution in [0.2, 0.25) is 0 Å². The maximum atomic E-state index is 12.2. The first kappa shape index (κ1) is 14.7. The van der Waals surface area contributed by atoms with E-state index in [1.165, 1.54) is 23.0 Å². The topological polar surface area (TPSA) is 63.5 Å². The number of hydrogen-bond donors (Lipinski definition) is 1. The summed E-state index contributed by atoms with van der Waals surface area (Å²) in [4.78, 5) is 29.3. The number of carbonyl (C=O) groups excluding carboxylic acids is 1. The summed E-state index contributed by atoms with van der Waals surface area (Å²) >= 11 is 1.27. The van der Waals surface area contributed by atoms with E-state index < -0.39 is 0 Å². The Balaban J connectivity index is 1.84. The van der Waals surface area contributed by atoms with E-state index in [4.69, 9.17) is 0 Å². The van der Waals surface area contributed by atoms with E-state index in [9.17, 15) is 9.59 Å². The second-order valence-electron chi connectivity index (χ2n) is 5.13. The molecular weight excluding hydrogens is 298 g/mol. The number of carbonyl (C=O) groups is 1. The van der Waals surface area contributed by atoms with Crippen molar-refractivity contribution in [1.82, 2.24) is 4.57 Å². The number of nitrogens with zero attached hydrogens (tertiary/aromatic N) is 2. The average molecular weight is 315 g/mol. The van der Waals surface area contributed by atoms with E-state index in [0.717, 1.165) is 25.1 Å². The minimum Gasteiger partial charge on any atom is -0.322 e. The number of hydrogen-bond acceptors (Lipinski definition) is 4. The molecule has 3 rings (SSSR count). The highest BCUT2D eigenvalue weighted by atomic mass is 32.1. The molecule has 2 heterocycles. The van der Waals surface area contributed by atoms with Crippen LogP contribution in [0, 0.1) is 0 Å². The fourth-order valence-corrected chi connectivity index (χ4v) is 3.35. The molecule has 22 heavy (non-hydrogen) atoms. The smallest absolute Gasteiger partial charge is 0.270 e. The molecule has 1 amide bonds. The Hall–Kier alpha value is -2.21. The average Bonchev–Trinajstić information content (AvgIpc) is 2.84. The third-order valence-electron chi connectivity index (χ3n) is 3.57. The molecule has 1 N–H and O–H groups in total. The molecule has 0 spiro atoms. The summed E-state index contributed by atoms with van der Waals surface area (Å²) in [6.45, 7) is 3.51. The molecule has 0 radical (unpaired) electrons. The van der Waals surface area contributed by atoms with Crippen molar-refractivity contribution in [1.29, 1.82) is 0 Å². The number of aromatic nitrogens is 1. The molecule has 0 aliphatic carbocycles. The van der Waals surface area contributed by atoms with E-state index in [1.54, 1.807) is 4.57 Å². The number of fused-ring (bicyclic) bond motifs is 1. The summed E-state index contributed by atoms with van der Waals surface area (Å²) in [7, 11) is 0. The predicted molar refractivity (Wildman–Crippen MR) is 87.8 cm³/mol. The minimum absolute atomic E-state index is 0.125. The zero-order valence-corrected chi connectivity index (χ0v) is 13.2. The molecular formula is C16H17N3O2S. The standard InChI is InChI=1S/C16H17N3O2S/c1-2-11-4-6-12(7-5-11)18-14(20)10-13-15(21)19-9-3-8-17-16(19)22-13/h4-7,10H,2-3,8-9H2,1H3,(H,18,20). The molecule has 6 heteroatoms. The Morgan fingerprint density at radius 1 is 1.41 bits per heavy atom. The number of nitrogens with one attached hydrogen (secondary N) is 1. The highest BCUT2D eigenvalue weighted by molar-refractivity contribution is 7.07. The van der Waals surface area contributed by atoms with Gasteiger partial charge in [0.15, 0.2) is 4.80 Å². The van der Waals surface area contributed by atoms with Gasteiger partial charge in [-0.2, -0.15) is 0 Å². The number of anilines is 1.